The summed E-state index contributed by atoms with van der Waals surface area (Å²) in [6.45, 7) is 3.73. The second kappa shape index (κ2) is 10.4. The van der Waals surface area contributed by atoms with E-state index in [-0.39, 0.29) is 23.8 Å². The number of pyridine rings is 1. The fourth-order valence-electron chi connectivity index (χ4n) is 3.37. The van der Waals surface area contributed by atoms with Gasteiger partial charge >= 0.3 is 0 Å². The van der Waals surface area contributed by atoms with E-state index in [1.807, 2.05) is 19.1 Å². The lowest BCUT2D eigenvalue weighted by molar-refractivity contribution is -0.122. The number of anilines is 1. The van der Waals surface area contributed by atoms with Crippen molar-refractivity contribution in [3.8, 4) is 0 Å². The zero-order valence-electron chi connectivity index (χ0n) is 17.2. The van der Waals surface area contributed by atoms with E-state index in [2.05, 4.69) is 15.6 Å². The summed E-state index contributed by atoms with van der Waals surface area (Å²) >= 11 is 6.03. The highest BCUT2D eigenvalue weighted by atomic mass is 35.5. The third kappa shape index (κ3) is 5.70. The molecule has 1 saturated heterocycles. The van der Waals surface area contributed by atoms with Gasteiger partial charge in [-0.3, -0.25) is 14.6 Å². The Morgan fingerprint density at radius 1 is 1.33 bits per heavy atom. The Kier molecular flexibility index (Phi) is 7.65. The highest BCUT2D eigenvalue weighted by Gasteiger charge is 2.25. The molecule has 30 heavy (non-hydrogen) atoms. The SMILES string of the molecule is CNc1cncc(C(=O)N2CCCOC(CNC(=O)[C@H](C)c3cccc(Cl)c3)C2)c1. The molecule has 3 rings (SSSR count). The molecule has 7 nitrogen and oxygen atoms in total. The Labute approximate surface area is 181 Å². The smallest absolute Gasteiger partial charge is 0.255 e. The van der Waals surface area contributed by atoms with Crippen molar-refractivity contribution in [3.05, 3.63) is 58.9 Å². The van der Waals surface area contributed by atoms with Crippen molar-refractivity contribution in [3.63, 3.8) is 0 Å². The maximum atomic E-state index is 12.9. The van der Waals surface area contributed by atoms with Gasteiger partial charge in [0, 0.05) is 50.7 Å². The lowest BCUT2D eigenvalue weighted by atomic mass is 10.0. The summed E-state index contributed by atoms with van der Waals surface area (Å²) in [5.41, 5.74) is 2.17. The van der Waals surface area contributed by atoms with Gasteiger partial charge in [-0.05, 0) is 37.1 Å². The van der Waals surface area contributed by atoms with Gasteiger partial charge < -0.3 is 20.3 Å². The van der Waals surface area contributed by atoms with Crippen LogP contribution in [-0.2, 0) is 9.53 Å². The Balaban J connectivity index is 1.59. The van der Waals surface area contributed by atoms with Crippen LogP contribution in [0.25, 0.3) is 0 Å². The van der Waals surface area contributed by atoms with Crippen molar-refractivity contribution in [2.24, 2.45) is 0 Å². The number of ether oxygens (including phenoxy) is 1. The summed E-state index contributed by atoms with van der Waals surface area (Å²) in [5, 5.41) is 6.54. The normalized spacial score (nSPS) is 17.7. The first kappa shape index (κ1) is 22.1. The van der Waals surface area contributed by atoms with Gasteiger partial charge in [-0.25, -0.2) is 0 Å². The Morgan fingerprint density at radius 3 is 2.93 bits per heavy atom. The third-order valence-corrected chi connectivity index (χ3v) is 5.39. The van der Waals surface area contributed by atoms with Crippen LogP contribution in [0.15, 0.2) is 42.7 Å². The fourth-order valence-corrected chi connectivity index (χ4v) is 3.57. The summed E-state index contributed by atoms with van der Waals surface area (Å²) in [4.78, 5) is 31.4. The summed E-state index contributed by atoms with van der Waals surface area (Å²) in [6.07, 6.45) is 3.71. The van der Waals surface area contributed by atoms with Gasteiger partial charge in [0.25, 0.3) is 5.91 Å². The Morgan fingerprint density at radius 2 is 2.17 bits per heavy atom. The number of carbonyl (C=O) groups excluding carboxylic acids is 2. The van der Waals surface area contributed by atoms with E-state index in [9.17, 15) is 9.59 Å². The molecule has 1 aliphatic rings. The molecule has 1 aromatic heterocycles. The molecule has 0 aliphatic carbocycles. The number of carbonyl (C=O) groups is 2. The van der Waals surface area contributed by atoms with Crippen molar-refractivity contribution in [2.75, 3.05) is 38.6 Å². The maximum absolute atomic E-state index is 12.9. The quantitative estimate of drug-likeness (QED) is 0.736. The molecule has 2 atom stereocenters. The van der Waals surface area contributed by atoms with Gasteiger partial charge in [-0.2, -0.15) is 0 Å². The number of halogens is 1. The molecule has 2 aromatic rings. The second-order valence-corrected chi connectivity index (χ2v) is 7.77. The van der Waals surface area contributed by atoms with Gasteiger partial charge in [0.15, 0.2) is 0 Å². The van der Waals surface area contributed by atoms with Crippen molar-refractivity contribution in [1.82, 2.24) is 15.2 Å². The zero-order chi connectivity index (χ0) is 21.5. The van der Waals surface area contributed by atoms with Gasteiger partial charge in [0.2, 0.25) is 5.91 Å². The second-order valence-electron chi connectivity index (χ2n) is 7.33. The lowest BCUT2D eigenvalue weighted by Gasteiger charge is -2.25. The fraction of sp³-hybridized carbons (Fsp3) is 0.409. The first-order chi connectivity index (χ1) is 14.5. The van der Waals surface area contributed by atoms with Crippen LogP contribution in [0, 0.1) is 0 Å². The molecular formula is C22H27ClN4O3. The Bertz CT molecular complexity index is 892. The van der Waals surface area contributed by atoms with Crippen LogP contribution in [0.5, 0.6) is 0 Å². The molecule has 0 bridgehead atoms. The van der Waals surface area contributed by atoms with Crippen LogP contribution in [0.4, 0.5) is 5.69 Å². The molecule has 2 heterocycles. The molecule has 0 radical (unpaired) electrons. The van der Waals surface area contributed by atoms with Crippen LogP contribution in [0.2, 0.25) is 5.02 Å². The molecule has 1 unspecified atom stereocenters. The third-order valence-electron chi connectivity index (χ3n) is 5.16. The highest BCUT2D eigenvalue weighted by Crippen LogP contribution is 2.19. The van der Waals surface area contributed by atoms with Crippen LogP contribution in [-0.4, -0.2) is 61.1 Å². The van der Waals surface area contributed by atoms with E-state index < -0.39 is 0 Å². The maximum Gasteiger partial charge on any atom is 0.255 e. The molecule has 160 valence electrons. The standard InChI is InChI=1S/C22H27ClN4O3/c1-15(16-5-3-6-18(23)9-16)21(28)26-13-20-14-27(7-4-8-30-20)22(29)17-10-19(24-2)12-25-11-17/h3,5-6,9-12,15,20,24H,4,7-8,13-14H2,1-2H3,(H,26,28)/t15-,20?/m1/s1. The number of nitrogens with zero attached hydrogens (tertiary/aromatic N) is 2. The summed E-state index contributed by atoms with van der Waals surface area (Å²) in [7, 11) is 1.79. The number of hydrogen-bond acceptors (Lipinski definition) is 5. The Hall–Kier alpha value is -2.64. The minimum atomic E-state index is -0.331. The largest absolute Gasteiger partial charge is 0.387 e. The number of nitrogens with one attached hydrogen (secondary N) is 2. The predicted molar refractivity (Wildman–Crippen MR) is 117 cm³/mol. The van der Waals surface area contributed by atoms with Gasteiger partial charge in [-0.1, -0.05) is 23.7 Å². The summed E-state index contributed by atoms with van der Waals surface area (Å²) in [6, 6.07) is 9.07. The summed E-state index contributed by atoms with van der Waals surface area (Å²) in [5.74, 6) is -0.523. The number of rotatable bonds is 6. The molecule has 2 N–H and O–H groups in total. The molecule has 8 heteroatoms. The summed E-state index contributed by atoms with van der Waals surface area (Å²) < 4.78 is 5.86. The molecular weight excluding hydrogens is 404 g/mol. The van der Waals surface area contributed by atoms with E-state index in [1.165, 1.54) is 0 Å². The van der Waals surface area contributed by atoms with E-state index >= 15 is 0 Å². The van der Waals surface area contributed by atoms with E-state index in [0.717, 1.165) is 17.7 Å². The number of hydrogen-bond donors (Lipinski definition) is 2. The number of aromatic nitrogens is 1. The zero-order valence-corrected chi connectivity index (χ0v) is 18.0. The van der Waals surface area contributed by atoms with Crippen molar-refractivity contribution >= 4 is 29.1 Å². The number of benzene rings is 1. The van der Waals surface area contributed by atoms with Crippen molar-refractivity contribution in [1.29, 1.82) is 0 Å². The van der Waals surface area contributed by atoms with Gasteiger partial charge in [0.05, 0.1) is 23.3 Å². The first-order valence-electron chi connectivity index (χ1n) is 10.0. The number of amides is 2. The van der Waals surface area contributed by atoms with Crippen molar-refractivity contribution < 1.29 is 14.3 Å². The van der Waals surface area contributed by atoms with E-state index in [0.29, 0.717) is 36.8 Å². The van der Waals surface area contributed by atoms with Gasteiger partial charge in [-0.15, -0.1) is 0 Å². The van der Waals surface area contributed by atoms with Crippen LogP contribution < -0.4 is 10.6 Å². The lowest BCUT2D eigenvalue weighted by Crippen LogP contribution is -2.43. The molecule has 2 amide bonds. The van der Waals surface area contributed by atoms with Crippen molar-refractivity contribution in [2.45, 2.75) is 25.4 Å². The predicted octanol–water partition coefficient (Wildman–Crippen LogP) is 2.93. The topological polar surface area (TPSA) is 83.6 Å². The molecule has 1 aliphatic heterocycles. The van der Waals surface area contributed by atoms with Gasteiger partial charge in [0.1, 0.15) is 0 Å². The van der Waals surface area contributed by atoms with E-state index in [4.69, 9.17) is 16.3 Å². The molecule has 1 fully saturated rings. The highest BCUT2D eigenvalue weighted by molar-refractivity contribution is 6.30. The monoisotopic (exact) mass is 430 g/mol. The average Bonchev–Trinajstić information content (AvgIpc) is 3.02. The van der Waals surface area contributed by atoms with E-state index in [1.54, 1.807) is 42.5 Å². The van der Waals surface area contributed by atoms with Crippen LogP contribution in [0.1, 0.15) is 35.2 Å². The minimum Gasteiger partial charge on any atom is -0.387 e. The van der Waals surface area contributed by atoms with Crippen LogP contribution >= 0.6 is 11.6 Å². The average molecular weight is 431 g/mol. The molecule has 1 aromatic carbocycles. The van der Waals surface area contributed by atoms with Crippen LogP contribution in [0.3, 0.4) is 0 Å². The molecule has 0 spiro atoms. The molecule has 0 saturated carbocycles. The first-order valence-corrected chi connectivity index (χ1v) is 10.4. The minimum absolute atomic E-state index is 0.0891.